The van der Waals surface area contributed by atoms with Gasteiger partial charge in [-0.3, -0.25) is 46.9 Å². The monoisotopic (exact) mass is 1840 g/mol. The van der Waals surface area contributed by atoms with Gasteiger partial charge in [-0.25, -0.2) is 17.6 Å². The molecule has 2 unspecified atom stereocenters. The molecule has 49 heteroatoms. The van der Waals surface area contributed by atoms with E-state index in [1.807, 2.05) is 6.92 Å². The van der Waals surface area contributed by atoms with Gasteiger partial charge in [-0.15, -0.1) is 104 Å². The van der Waals surface area contributed by atoms with Crippen LogP contribution in [0, 0.1) is 20.8 Å². The van der Waals surface area contributed by atoms with Crippen molar-refractivity contribution in [3.8, 4) is 85.0 Å². The van der Waals surface area contributed by atoms with Crippen LogP contribution >= 0.6 is 0 Å². The molecule has 10 heterocycles. The maximum Gasteiger partial charge on any atom is 0.573 e. The summed E-state index contributed by atoms with van der Waals surface area (Å²) in [4.78, 5) is 20.9. The number of aryl methyl sites for hydroxylation is 3. The molecule has 2 atom stereocenters. The molecule has 1 aliphatic rings. The maximum atomic E-state index is 13.7. The van der Waals surface area contributed by atoms with Crippen molar-refractivity contribution in [2.75, 3.05) is 14.2 Å². The summed E-state index contributed by atoms with van der Waals surface area (Å²) in [5.74, 6) is -14.6. The van der Waals surface area contributed by atoms with E-state index >= 15 is 0 Å². The molecule has 0 bridgehead atoms. The number of methoxy groups -OCH3 is 2. The van der Waals surface area contributed by atoms with Gasteiger partial charge >= 0.3 is 43.2 Å². The van der Waals surface area contributed by atoms with Crippen molar-refractivity contribution in [3.05, 3.63) is 210 Å². The van der Waals surface area contributed by atoms with Crippen molar-refractivity contribution in [1.29, 1.82) is 0 Å². The molecule has 1 saturated carbocycles. The molecule has 0 radical (unpaired) electrons. The van der Waals surface area contributed by atoms with Crippen LogP contribution in [0.25, 0.3) is 84.5 Å². The predicted octanol–water partition coefficient (Wildman–Crippen LogP) is 20.3. The second-order valence-corrected chi connectivity index (χ2v) is 28.7. The van der Waals surface area contributed by atoms with Crippen molar-refractivity contribution in [1.82, 2.24) is 97.9 Å². The molecule has 5 aromatic carbocycles. The van der Waals surface area contributed by atoms with E-state index in [1.165, 1.54) is 152 Å². The molecule has 0 aliphatic heterocycles. The topological polar surface area (TPSA) is 280 Å². The third-order valence-corrected chi connectivity index (χ3v) is 18.4. The summed E-state index contributed by atoms with van der Waals surface area (Å²) in [6.45, 7) is 9.81. The first kappa shape index (κ1) is 94.4. The first-order valence-electron chi connectivity index (χ1n) is 37.4. The van der Waals surface area contributed by atoms with Gasteiger partial charge < -0.3 is 33.2 Å². The number of hydrogen-bond acceptors (Lipinski definition) is 22. The summed E-state index contributed by atoms with van der Waals surface area (Å²) in [7, 11) is 2.79. The summed E-state index contributed by atoms with van der Waals surface area (Å²) in [5, 5.41) is 36.6. The summed E-state index contributed by atoms with van der Waals surface area (Å²) < 4.78 is 321. The lowest BCUT2D eigenvalue weighted by Gasteiger charge is -2.34. The molecule has 129 heavy (non-hydrogen) atoms. The van der Waals surface area contributed by atoms with Crippen molar-refractivity contribution in [2.24, 2.45) is 0 Å². The second kappa shape index (κ2) is 36.9. The highest BCUT2D eigenvalue weighted by Crippen LogP contribution is 2.42. The summed E-state index contributed by atoms with van der Waals surface area (Å²) in [5.41, 5.74) is 8.27. The lowest BCUT2D eigenvalue weighted by atomic mass is 9.91. The Kier molecular flexibility index (Phi) is 27.0. The minimum atomic E-state index is -4.84. The third kappa shape index (κ3) is 23.5. The summed E-state index contributed by atoms with van der Waals surface area (Å²) in [6, 6.07) is 20.2. The van der Waals surface area contributed by atoms with Crippen LogP contribution in [0.4, 0.5) is 96.6 Å². The lowest BCUT2D eigenvalue weighted by Crippen LogP contribution is -2.43. The van der Waals surface area contributed by atoms with Gasteiger partial charge in [-0.1, -0.05) is 0 Å². The lowest BCUT2D eigenvalue weighted by molar-refractivity contribution is -0.275. The van der Waals surface area contributed by atoms with Gasteiger partial charge in [0, 0.05) is 107 Å². The summed E-state index contributed by atoms with van der Waals surface area (Å²) >= 11 is 0. The number of fused-ring (bicyclic) bond motifs is 5. The van der Waals surface area contributed by atoms with Gasteiger partial charge in [0.1, 0.15) is 34.9 Å². The third-order valence-electron chi connectivity index (χ3n) is 18.4. The minimum Gasteiger partial charge on any atom is -0.490 e. The first-order valence-corrected chi connectivity index (χ1v) is 37.4. The van der Waals surface area contributed by atoms with Gasteiger partial charge in [0.05, 0.1) is 72.7 Å². The van der Waals surface area contributed by atoms with Crippen LogP contribution in [-0.4, -0.2) is 150 Å². The Morgan fingerprint density at radius 3 is 0.860 bits per heavy atom. The van der Waals surface area contributed by atoms with Gasteiger partial charge in [0.25, 0.3) is 5.92 Å². The highest BCUT2D eigenvalue weighted by Gasteiger charge is 2.47. The Labute approximate surface area is 711 Å². The Morgan fingerprint density at radius 2 is 0.597 bits per heavy atom. The van der Waals surface area contributed by atoms with E-state index in [2.05, 4.69) is 94.9 Å². The zero-order valence-corrected chi connectivity index (χ0v) is 68.1. The summed E-state index contributed by atoms with van der Waals surface area (Å²) in [6.07, 6.45) is -9.06. The van der Waals surface area contributed by atoms with Gasteiger partial charge in [0.2, 0.25) is 17.5 Å². The normalized spacial score (nSPS) is 13.8. The number of hydrogen-bond donors (Lipinski definition) is 0. The van der Waals surface area contributed by atoms with Crippen LogP contribution < -0.4 is 23.7 Å². The number of nitrogens with zero attached hydrogens (tertiary/aromatic N) is 20. The molecular formula is C80H66F22N20O7. The van der Waals surface area contributed by atoms with Crippen molar-refractivity contribution in [2.45, 2.75) is 149 Å². The Morgan fingerprint density at radius 1 is 0.349 bits per heavy atom. The Bertz CT molecular complexity index is 6510. The van der Waals surface area contributed by atoms with Crippen LogP contribution in [0.5, 0.6) is 28.7 Å². The van der Waals surface area contributed by atoms with Crippen molar-refractivity contribution in [3.63, 3.8) is 0 Å². The SMILES string of the molecule is COCc1cc(OC(F)(F)F)ccc1-c1cn2c(C(C)(F)F)nnc2cn1.COCc1cc(OC(F)(F)F)ccc1-c1cn2c(C(C)F)nnc2cn1.Cc1cc(OC(F)(F)F)ccc1-c1cn2c(C(C)(F)F)nnc2cn1.Cc1cc(OC(F)(F)F)ccc1-c1cn2c(C(C)F)nnc2cn1.Cc1cc(OC2CC(F)(F)C2)ccc1-c1cn2c(C(C)(F)F)nnc2cn1. The standard InChI is InChI=1S/C18H16F4N4O.C16H13F5N4O2.C16H14F4N4O2.C15H11F5N4O.C15H12F4N4O/c1-10-5-11(27-12-6-18(21,22)7-12)3-4-13(10)14-9-26-15(8-23-14)24-25-16(26)17(2,19)20;1-15(17,18)14-24-23-13-6-22-12(7-25(13)14)11-4-3-10(27-16(19,20)21)5-9(11)8-26-2;1-9(17)15-23-22-14-6-21-13(7-24(14)15)12-4-3-11(26-16(18,19)20)5-10(12)8-25-2;1-8-5-9(25-15(18,19)20)3-4-10(8)11-7-24-12(6-21-11)22-23-13(24)14(2,16)17;1-8-5-10(24-15(17,18)19)3-4-11(8)12-7-23-13(6-20-12)21-22-14(23)9(2)16/h3-5,8-9,12H,6-7H2,1-2H3;3-7H,8H2,1-2H3;3-7,9H,8H2,1-2H3;3-7H,1-2H3;3-7,9H,1-2H3. The van der Waals surface area contributed by atoms with E-state index in [1.54, 1.807) is 38.2 Å². The average molecular weight is 1840 g/mol. The molecule has 0 saturated heterocycles. The highest BCUT2D eigenvalue weighted by atomic mass is 19.4. The number of benzene rings is 5. The molecular weight excluding hydrogens is 1770 g/mol. The van der Waals surface area contributed by atoms with E-state index in [9.17, 15) is 96.6 Å². The second-order valence-electron chi connectivity index (χ2n) is 28.7. The number of aromatic nitrogens is 20. The average Bonchev–Trinajstić information content (AvgIpc) is 1.68. The van der Waals surface area contributed by atoms with E-state index in [-0.39, 0.29) is 83.3 Å². The predicted molar refractivity (Wildman–Crippen MR) is 410 cm³/mol. The van der Waals surface area contributed by atoms with Crippen LogP contribution in [0.2, 0.25) is 0 Å². The molecule has 27 nitrogen and oxygen atoms in total. The molecule has 1 aliphatic carbocycles. The van der Waals surface area contributed by atoms with Crippen LogP contribution in [0.15, 0.2) is 153 Å². The van der Waals surface area contributed by atoms with E-state index in [0.717, 1.165) is 39.5 Å². The molecule has 10 aromatic heterocycles. The number of rotatable bonds is 20. The zero-order valence-electron chi connectivity index (χ0n) is 68.1. The fourth-order valence-electron chi connectivity index (χ4n) is 12.9. The molecule has 0 N–H and O–H groups in total. The van der Waals surface area contributed by atoms with Crippen LogP contribution in [0.1, 0.15) is 117 Å². The minimum absolute atomic E-state index is 0.0386. The quantitative estimate of drug-likeness (QED) is 0.0641. The molecule has 15 aromatic rings. The zero-order chi connectivity index (χ0) is 94.0. The largest absolute Gasteiger partial charge is 0.573 e. The molecule has 1 fully saturated rings. The number of alkyl halides is 22. The molecule has 0 amide bonds. The Hall–Kier alpha value is -13.8. The molecule has 16 rings (SSSR count). The smallest absolute Gasteiger partial charge is 0.490 e. The van der Waals surface area contributed by atoms with Crippen LogP contribution in [0.3, 0.4) is 0 Å². The van der Waals surface area contributed by atoms with Gasteiger partial charge in [-0.2, -0.15) is 26.3 Å². The van der Waals surface area contributed by atoms with Gasteiger partial charge in [-0.05, 0) is 153 Å². The fraction of sp³-hybridized carbons (Fsp3) is 0.312. The van der Waals surface area contributed by atoms with Crippen molar-refractivity contribution >= 4 is 28.2 Å². The maximum absolute atomic E-state index is 13.7. The first-order chi connectivity index (χ1) is 60.3. The van der Waals surface area contributed by atoms with Crippen molar-refractivity contribution < 1.29 is 130 Å². The molecule has 0 spiro atoms. The number of halogens is 22. The highest BCUT2D eigenvalue weighted by molar-refractivity contribution is 5.70. The van der Waals surface area contributed by atoms with Gasteiger partial charge in [0.15, 0.2) is 52.2 Å². The fourth-order valence-corrected chi connectivity index (χ4v) is 12.9. The van der Waals surface area contributed by atoms with E-state index < -0.39 is 90.8 Å². The number of ether oxygens (including phenoxy) is 7. The van der Waals surface area contributed by atoms with E-state index in [0.29, 0.717) is 98.0 Å². The molecule has 682 valence electrons. The van der Waals surface area contributed by atoms with Crippen LogP contribution in [-0.2, 0) is 40.5 Å². The Balaban J connectivity index is 0.000000146. The van der Waals surface area contributed by atoms with E-state index in [4.69, 9.17) is 14.2 Å².